The van der Waals surface area contributed by atoms with E-state index in [0.717, 1.165) is 32.1 Å². The van der Waals surface area contributed by atoms with E-state index in [4.69, 9.17) is 4.74 Å². The van der Waals surface area contributed by atoms with Crippen LogP contribution in [0.15, 0.2) is 43.0 Å². The van der Waals surface area contributed by atoms with Crippen molar-refractivity contribution in [3.63, 3.8) is 0 Å². The molecule has 5 aliphatic carbocycles. The van der Waals surface area contributed by atoms with Crippen molar-refractivity contribution in [2.45, 2.75) is 112 Å². The molecular weight excluding hydrogens is 536 g/mol. The van der Waals surface area contributed by atoms with E-state index in [1.165, 1.54) is 60.7 Å². The second-order valence-electron chi connectivity index (χ2n) is 16.7. The SMILES string of the molecule is C=C(C)[C@@H]1CC[C@]2(COC(=O)/C=C/C(=O)n3ccnc3)CC[C@]3(C)[C@H](CCC4[C@@]5(C)CC[C@H](O)C(C)(C)C5CC[C@]43C)C12. The van der Waals surface area contributed by atoms with Crippen molar-refractivity contribution in [3.05, 3.63) is 43.0 Å². The second kappa shape index (κ2) is 10.4. The van der Waals surface area contributed by atoms with Crippen molar-refractivity contribution >= 4 is 11.9 Å². The Morgan fingerprint density at radius 2 is 1.72 bits per heavy atom. The van der Waals surface area contributed by atoms with Gasteiger partial charge >= 0.3 is 5.97 Å². The van der Waals surface area contributed by atoms with Crippen molar-refractivity contribution in [2.24, 2.45) is 56.7 Å². The fourth-order valence-corrected chi connectivity index (χ4v) is 12.4. The Labute approximate surface area is 258 Å². The Hall–Kier alpha value is -2.21. The van der Waals surface area contributed by atoms with E-state index in [0.29, 0.717) is 36.2 Å². The summed E-state index contributed by atoms with van der Waals surface area (Å²) in [6.07, 6.45) is 18.3. The fourth-order valence-electron chi connectivity index (χ4n) is 12.4. The lowest BCUT2D eigenvalue weighted by Gasteiger charge is -2.73. The molecule has 10 atom stereocenters. The summed E-state index contributed by atoms with van der Waals surface area (Å²) < 4.78 is 7.33. The van der Waals surface area contributed by atoms with Gasteiger partial charge in [0.1, 0.15) is 6.33 Å². The van der Waals surface area contributed by atoms with E-state index in [1.807, 2.05) is 0 Å². The number of esters is 1. The number of ether oxygens (including phenoxy) is 1. The van der Waals surface area contributed by atoms with Crippen molar-refractivity contribution in [1.82, 2.24) is 9.55 Å². The summed E-state index contributed by atoms with van der Waals surface area (Å²) in [7, 11) is 0. The molecule has 5 saturated carbocycles. The smallest absolute Gasteiger partial charge is 0.330 e. The van der Waals surface area contributed by atoms with Crippen LogP contribution < -0.4 is 0 Å². The largest absolute Gasteiger partial charge is 0.462 e. The minimum absolute atomic E-state index is 0.0348. The number of carbonyl (C=O) groups excluding carboxylic acids is 2. The number of aromatic nitrogens is 2. The topological polar surface area (TPSA) is 81.4 Å². The first kappa shape index (κ1) is 30.8. The maximum Gasteiger partial charge on any atom is 0.330 e. The Balaban J connectivity index is 1.26. The van der Waals surface area contributed by atoms with E-state index in [-0.39, 0.29) is 39.1 Å². The molecule has 5 aliphatic rings. The molecule has 0 bridgehead atoms. The molecule has 0 saturated heterocycles. The summed E-state index contributed by atoms with van der Waals surface area (Å²) in [4.78, 5) is 29.1. The maximum atomic E-state index is 12.9. The van der Waals surface area contributed by atoms with Gasteiger partial charge in [-0.2, -0.15) is 0 Å². The predicted molar refractivity (Wildman–Crippen MR) is 168 cm³/mol. The third-order valence-corrected chi connectivity index (χ3v) is 14.8. The average Bonchev–Trinajstić information content (AvgIpc) is 3.63. The molecule has 0 aromatic carbocycles. The van der Waals surface area contributed by atoms with E-state index in [9.17, 15) is 14.7 Å². The molecule has 0 amide bonds. The normalized spacial score (nSPS) is 45.0. The van der Waals surface area contributed by atoms with Gasteiger partial charge in [-0.05, 0) is 122 Å². The van der Waals surface area contributed by atoms with E-state index < -0.39 is 5.97 Å². The molecule has 6 heteroatoms. The zero-order chi connectivity index (χ0) is 31.0. The Kier molecular flexibility index (Phi) is 7.47. The van der Waals surface area contributed by atoms with Gasteiger partial charge in [-0.25, -0.2) is 9.78 Å². The third-order valence-electron chi connectivity index (χ3n) is 14.8. The fraction of sp³-hybridized carbons (Fsp3) is 0.757. The quantitative estimate of drug-likeness (QED) is 0.217. The molecule has 3 unspecified atom stereocenters. The highest BCUT2D eigenvalue weighted by atomic mass is 16.5. The first-order valence-corrected chi connectivity index (χ1v) is 16.9. The molecule has 1 aromatic rings. The second-order valence-corrected chi connectivity index (χ2v) is 16.7. The minimum Gasteiger partial charge on any atom is -0.462 e. The average molecular weight is 591 g/mol. The zero-order valence-electron chi connectivity index (χ0n) is 27.4. The van der Waals surface area contributed by atoms with Gasteiger partial charge in [-0.15, -0.1) is 0 Å². The summed E-state index contributed by atoms with van der Waals surface area (Å²) in [5.41, 5.74) is 1.94. The number of aliphatic hydroxyl groups is 1. The molecule has 1 aromatic heterocycles. The summed E-state index contributed by atoms with van der Waals surface area (Å²) >= 11 is 0. The van der Waals surface area contributed by atoms with E-state index in [1.54, 1.807) is 12.4 Å². The molecular formula is C37H54N2O4. The molecule has 0 radical (unpaired) electrons. The summed E-state index contributed by atoms with van der Waals surface area (Å²) in [5, 5.41) is 11.0. The molecule has 236 valence electrons. The monoisotopic (exact) mass is 590 g/mol. The summed E-state index contributed by atoms with van der Waals surface area (Å²) in [6, 6.07) is 0. The van der Waals surface area contributed by atoms with Crippen molar-refractivity contribution in [2.75, 3.05) is 6.61 Å². The number of hydrogen-bond acceptors (Lipinski definition) is 5. The molecule has 0 spiro atoms. The van der Waals surface area contributed by atoms with Gasteiger partial charge in [0.25, 0.3) is 5.91 Å². The summed E-state index contributed by atoms with van der Waals surface area (Å²) in [6.45, 7) is 19.6. The highest BCUT2D eigenvalue weighted by molar-refractivity contribution is 5.95. The Morgan fingerprint density at radius 1 is 0.953 bits per heavy atom. The van der Waals surface area contributed by atoms with Crippen LogP contribution in [-0.4, -0.2) is 39.2 Å². The van der Waals surface area contributed by atoms with Crippen LogP contribution in [0.1, 0.15) is 111 Å². The maximum absolute atomic E-state index is 12.9. The minimum atomic E-state index is -0.447. The van der Waals surface area contributed by atoms with Crippen LogP contribution in [0.5, 0.6) is 0 Å². The molecule has 1 N–H and O–H groups in total. The standard InChI is InChI=1S/C37H54N2O4/c1-24(2)25-12-17-37(22-43-31(42)11-10-30(41)39-21-20-38-23-39)19-18-35(6)26(32(25)37)8-9-28-34(5)15-14-29(40)33(3,4)27(34)13-16-36(28,35)7/h10-11,20-21,23,25-29,32,40H,1,8-9,12-19,22H2,2-7H3/b11-10+/t25-,26+,27?,28?,29-,32?,34-,35+,36+,37+/m0/s1. The zero-order valence-corrected chi connectivity index (χ0v) is 27.4. The van der Waals surface area contributed by atoms with Crippen LogP contribution in [0.4, 0.5) is 0 Å². The number of rotatable bonds is 5. The molecule has 6 rings (SSSR count). The lowest BCUT2D eigenvalue weighted by atomic mass is 9.32. The molecule has 43 heavy (non-hydrogen) atoms. The number of carbonyl (C=O) groups is 2. The van der Waals surface area contributed by atoms with Crippen LogP contribution in [0, 0.1) is 56.7 Å². The van der Waals surface area contributed by atoms with Gasteiger partial charge in [-0.3, -0.25) is 9.36 Å². The van der Waals surface area contributed by atoms with E-state index in [2.05, 4.69) is 53.1 Å². The van der Waals surface area contributed by atoms with Gasteiger partial charge in [0.05, 0.1) is 12.7 Å². The van der Waals surface area contributed by atoms with Gasteiger partial charge in [-0.1, -0.05) is 46.8 Å². The number of imidazole rings is 1. The molecule has 6 nitrogen and oxygen atoms in total. The number of aliphatic hydroxyl groups excluding tert-OH is 1. The van der Waals surface area contributed by atoms with Gasteiger partial charge in [0.15, 0.2) is 0 Å². The van der Waals surface area contributed by atoms with Crippen molar-refractivity contribution in [1.29, 1.82) is 0 Å². The van der Waals surface area contributed by atoms with Gasteiger partial charge in [0, 0.05) is 30.0 Å². The van der Waals surface area contributed by atoms with Crippen molar-refractivity contribution in [3.8, 4) is 0 Å². The number of fused-ring (bicyclic) bond motifs is 7. The lowest BCUT2D eigenvalue weighted by molar-refractivity contribution is -0.249. The first-order valence-electron chi connectivity index (χ1n) is 16.9. The molecule has 0 aliphatic heterocycles. The Bertz CT molecular complexity index is 1300. The predicted octanol–water partition coefficient (Wildman–Crippen LogP) is 7.64. The number of hydrogen-bond donors (Lipinski definition) is 1. The lowest BCUT2D eigenvalue weighted by Crippen LogP contribution is -2.66. The first-order chi connectivity index (χ1) is 20.2. The van der Waals surface area contributed by atoms with E-state index >= 15 is 0 Å². The Morgan fingerprint density at radius 3 is 2.42 bits per heavy atom. The van der Waals surface area contributed by atoms with Gasteiger partial charge < -0.3 is 9.84 Å². The third kappa shape index (κ3) is 4.47. The van der Waals surface area contributed by atoms with Crippen LogP contribution in [0.2, 0.25) is 0 Å². The van der Waals surface area contributed by atoms with Crippen LogP contribution in [0.3, 0.4) is 0 Å². The van der Waals surface area contributed by atoms with Crippen LogP contribution in [0.25, 0.3) is 0 Å². The molecule has 1 heterocycles. The number of allylic oxidation sites excluding steroid dienone is 2. The van der Waals surface area contributed by atoms with Crippen LogP contribution in [-0.2, 0) is 9.53 Å². The van der Waals surface area contributed by atoms with Crippen molar-refractivity contribution < 1.29 is 19.4 Å². The molecule has 5 fully saturated rings. The number of nitrogens with zero attached hydrogens (tertiary/aromatic N) is 2. The summed E-state index contributed by atoms with van der Waals surface area (Å²) in [5.74, 6) is 1.96. The van der Waals surface area contributed by atoms with Crippen LogP contribution >= 0.6 is 0 Å². The highest BCUT2D eigenvalue weighted by Gasteiger charge is 2.71. The van der Waals surface area contributed by atoms with Gasteiger partial charge in [0.2, 0.25) is 0 Å². The highest BCUT2D eigenvalue weighted by Crippen LogP contribution is 2.77.